The van der Waals surface area contributed by atoms with Crippen LogP contribution >= 0.6 is 0 Å². The number of carbonyl (C=O) groups is 1. The third-order valence-electron chi connectivity index (χ3n) is 3.67. The van der Waals surface area contributed by atoms with Crippen molar-refractivity contribution in [3.05, 3.63) is 33.9 Å². The lowest BCUT2D eigenvalue weighted by molar-refractivity contribution is -0.384. The number of ketones is 1. The van der Waals surface area contributed by atoms with E-state index in [1.54, 1.807) is 6.07 Å². The topological polar surface area (TPSA) is 92.5 Å². The molecule has 0 unspecified atom stereocenters. The fourth-order valence-corrected chi connectivity index (χ4v) is 2.50. The summed E-state index contributed by atoms with van der Waals surface area (Å²) in [5.41, 5.74) is 0.535. The number of nitro groups is 1. The van der Waals surface area contributed by atoms with Crippen molar-refractivity contribution in [2.45, 2.75) is 44.8 Å². The Bertz CT molecular complexity index is 530. The molecule has 1 aromatic rings. The van der Waals surface area contributed by atoms with Crippen LogP contribution in [0.25, 0.3) is 0 Å². The maximum Gasteiger partial charge on any atom is 0.293 e. The monoisotopic (exact) mass is 278 g/mol. The minimum atomic E-state index is -0.510. The molecule has 2 atom stereocenters. The van der Waals surface area contributed by atoms with Crippen molar-refractivity contribution in [3.8, 4) is 0 Å². The van der Waals surface area contributed by atoms with E-state index in [4.69, 9.17) is 0 Å². The molecule has 0 amide bonds. The van der Waals surface area contributed by atoms with Crippen molar-refractivity contribution in [2.75, 3.05) is 5.32 Å². The van der Waals surface area contributed by atoms with Crippen LogP contribution in [0.15, 0.2) is 18.2 Å². The Kier molecular flexibility index (Phi) is 4.34. The summed E-state index contributed by atoms with van der Waals surface area (Å²) in [7, 11) is 0. The van der Waals surface area contributed by atoms with E-state index in [1.165, 1.54) is 19.1 Å². The maximum absolute atomic E-state index is 11.3. The van der Waals surface area contributed by atoms with E-state index in [0.717, 1.165) is 19.3 Å². The second-order valence-electron chi connectivity index (χ2n) is 5.15. The van der Waals surface area contributed by atoms with Gasteiger partial charge < -0.3 is 10.4 Å². The molecule has 0 spiro atoms. The average molecular weight is 278 g/mol. The molecule has 0 saturated heterocycles. The number of anilines is 1. The molecule has 0 bridgehead atoms. The van der Waals surface area contributed by atoms with Gasteiger partial charge in [0.2, 0.25) is 0 Å². The highest BCUT2D eigenvalue weighted by molar-refractivity contribution is 5.95. The molecule has 1 saturated carbocycles. The number of hydrogen-bond acceptors (Lipinski definition) is 5. The zero-order valence-corrected chi connectivity index (χ0v) is 11.3. The molecule has 108 valence electrons. The van der Waals surface area contributed by atoms with Gasteiger partial charge in [-0.15, -0.1) is 0 Å². The molecule has 1 aromatic carbocycles. The molecular formula is C14H18N2O4. The molecule has 6 nitrogen and oxygen atoms in total. The van der Waals surface area contributed by atoms with E-state index in [2.05, 4.69) is 5.32 Å². The van der Waals surface area contributed by atoms with Gasteiger partial charge >= 0.3 is 0 Å². The molecule has 0 aliphatic heterocycles. The van der Waals surface area contributed by atoms with Crippen molar-refractivity contribution < 1.29 is 14.8 Å². The Morgan fingerprint density at radius 3 is 2.70 bits per heavy atom. The van der Waals surface area contributed by atoms with Crippen LogP contribution in [0.3, 0.4) is 0 Å². The van der Waals surface area contributed by atoms with Gasteiger partial charge in [0, 0.05) is 11.6 Å². The number of rotatable bonds is 4. The number of aliphatic hydroxyl groups is 1. The van der Waals surface area contributed by atoms with Gasteiger partial charge in [0.05, 0.1) is 17.1 Å². The van der Waals surface area contributed by atoms with Gasteiger partial charge in [-0.25, -0.2) is 0 Å². The first kappa shape index (κ1) is 14.5. The largest absolute Gasteiger partial charge is 0.391 e. The van der Waals surface area contributed by atoms with Gasteiger partial charge in [-0.05, 0) is 31.9 Å². The van der Waals surface area contributed by atoms with Crippen LogP contribution in [0, 0.1) is 10.1 Å². The molecular weight excluding hydrogens is 260 g/mol. The van der Waals surface area contributed by atoms with Crippen LogP contribution < -0.4 is 5.32 Å². The van der Waals surface area contributed by atoms with E-state index >= 15 is 0 Å². The van der Waals surface area contributed by atoms with Crippen molar-refractivity contribution >= 4 is 17.2 Å². The molecule has 0 radical (unpaired) electrons. The molecule has 1 aliphatic rings. The molecule has 0 heterocycles. The van der Waals surface area contributed by atoms with Crippen molar-refractivity contribution in [2.24, 2.45) is 0 Å². The molecule has 2 N–H and O–H groups in total. The summed E-state index contributed by atoms with van der Waals surface area (Å²) in [6.07, 6.45) is 2.97. The summed E-state index contributed by atoms with van der Waals surface area (Å²) < 4.78 is 0. The van der Waals surface area contributed by atoms with Gasteiger partial charge in [0.15, 0.2) is 5.78 Å². The summed E-state index contributed by atoms with van der Waals surface area (Å²) in [5, 5.41) is 24.1. The fourth-order valence-electron chi connectivity index (χ4n) is 2.50. The summed E-state index contributed by atoms with van der Waals surface area (Å²) in [4.78, 5) is 21.9. The first-order valence-electron chi connectivity index (χ1n) is 6.73. The summed E-state index contributed by atoms with van der Waals surface area (Å²) in [5.74, 6) is -0.211. The Balaban J connectivity index is 2.26. The second-order valence-corrected chi connectivity index (χ2v) is 5.15. The Hall–Kier alpha value is -1.95. The Labute approximate surface area is 117 Å². The van der Waals surface area contributed by atoms with Gasteiger partial charge in [0.25, 0.3) is 5.69 Å². The van der Waals surface area contributed by atoms with Crippen LogP contribution in [0.4, 0.5) is 11.4 Å². The standard InChI is InChI=1S/C14H18N2O4/c1-9(17)10-6-7-11(13(8-10)16(19)20)15-12-4-2-3-5-14(12)18/h6-8,12,14-15,18H,2-5H2,1H3/t12-,14+/m1/s1. The molecule has 1 fully saturated rings. The molecule has 2 rings (SSSR count). The average Bonchev–Trinajstić information content (AvgIpc) is 2.41. The van der Waals surface area contributed by atoms with Crippen LogP contribution in [0.5, 0.6) is 0 Å². The lowest BCUT2D eigenvalue weighted by Gasteiger charge is -2.29. The van der Waals surface area contributed by atoms with Crippen LogP contribution in [0.2, 0.25) is 0 Å². The zero-order chi connectivity index (χ0) is 14.7. The molecule has 6 heteroatoms. The van der Waals surface area contributed by atoms with E-state index < -0.39 is 11.0 Å². The second kappa shape index (κ2) is 6.00. The van der Waals surface area contributed by atoms with Gasteiger partial charge in [-0.3, -0.25) is 14.9 Å². The predicted octanol–water partition coefficient (Wildman–Crippen LogP) is 2.51. The van der Waals surface area contributed by atoms with Crippen molar-refractivity contribution in [1.29, 1.82) is 0 Å². The third-order valence-corrected chi connectivity index (χ3v) is 3.67. The molecule has 20 heavy (non-hydrogen) atoms. The van der Waals surface area contributed by atoms with E-state index in [-0.39, 0.29) is 17.5 Å². The summed E-state index contributed by atoms with van der Waals surface area (Å²) >= 11 is 0. The summed E-state index contributed by atoms with van der Waals surface area (Å²) in [6.45, 7) is 1.37. The first-order valence-corrected chi connectivity index (χ1v) is 6.73. The van der Waals surface area contributed by atoms with Crippen molar-refractivity contribution in [3.63, 3.8) is 0 Å². The highest BCUT2D eigenvalue weighted by atomic mass is 16.6. The number of aliphatic hydroxyl groups excluding tert-OH is 1. The van der Waals surface area contributed by atoms with E-state index in [1.807, 2.05) is 0 Å². The van der Waals surface area contributed by atoms with Gasteiger partial charge in [0.1, 0.15) is 5.69 Å². The summed E-state index contributed by atoms with van der Waals surface area (Å²) in [6, 6.07) is 4.20. The lowest BCUT2D eigenvalue weighted by atomic mass is 9.92. The number of carbonyl (C=O) groups excluding carboxylic acids is 1. The highest BCUT2D eigenvalue weighted by Gasteiger charge is 2.25. The molecule has 0 aromatic heterocycles. The van der Waals surface area contributed by atoms with Gasteiger partial charge in [-0.2, -0.15) is 0 Å². The smallest absolute Gasteiger partial charge is 0.293 e. The number of benzene rings is 1. The van der Waals surface area contributed by atoms with Crippen LogP contribution in [0.1, 0.15) is 43.0 Å². The van der Waals surface area contributed by atoms with E-state index in [0.29, 0.717) is 17.7 Å². The Morgan fingerprint density at radius 2 is 2.10 bits per heavy atom. The van der Waals surface area contributed by atoms with Crippen LogP contribution in [-0.4, -0.2) is 28.0 Å². The first-order chi connectivity index (χ1) is 9.49. The Morgan fingerprint density at radius 1 is 1.40 bits per heavy atom. The third kappa shape index (κ3) is 3.14. The SMILES string of the molecule is CC(=O)c1ccc(N[C@@H]2CCCC[C@@H]2O)c([N+](=O)[O-])c1. The number of Topliss-reactive ketones (excluding diaryl/α,β-unsaturated/α-hetero) is 1. The zero-order valence-electron chi connectivity index (χ0n) is 11.3. The number of nitrogens with zero attached hydrogens (tertiary/aromatic N) is 1. The predicted molar refractivity (Wildman–Crippen MR) is 75.0 cm³/mol. The normalized spacial score (nSPS) is 22.3. The minimum Gasteiger partial charge on any atom is -0.391 e. The minimum absolute atomic E-state index is 0.129. The van der Waals surface area contributed by atoms with Crippen molar-refractivity contribution in [1.82, 2.24) is 0 Å². The highest BCUT2D eigenvalue weighted by Crippen LogP contribution is 2.29. The fraction of sp³-hybridized carbons (Fsp3) is 0.500. The van der Waals surface area contributed by atoms with Crippen LogP contribution in [-0.2, 0) is 0 Å². The van der Waals surface area contributed by atoms with E-state index in [9.17, 15) is 20.0 Å². The number of hydrogen-bond donors (Lipinski definition) is 2. The molecule has 1 aliphatic carbocycles. The quantitative estimate of drug-likeness (QED) is 0.501. The lowest BCUT2D eigenvalue weighted by Crippen LogP contribution is -2.36. The van der Waals surface area contributed by atoms with Gasteiger partial charge in [-0.1, -0.05) is 12.8 Å². The number of nitrogens with one attached hydrogen (secondary N) is 1. The number of nitro benzene ring substituents is 1. The maximum atomic E-state index is 11.3.